The third-order valence-electron chi connectivity index (χ3n) is 9.69. The Hall–Kier alpha value is -4.85. The second kappa shape index (κ2) is 8.12. The Morgan fingerprint density at radius 3 is 1.55 bits per heavy atom. The summed E-state index contributed by atoms with van der Waals surface area (Å²) in [5, 5.41) is 2.67. The van der Waals surface area contributed by atoms with Crippen LogP contribution in [0.2, 0.25) is 0 Å². The zero-order valence-corrected chi connectivity index (χ0v) is 23.6. The van der Waals surface area contributed by atoms with Crippen LogP contribution in [-0.2, 0) is 5.41 Å². The summed E-state index contributed by atoms with van der Waals surface area (Å²) < 4.78 is 0. The van der Waals surface area contributed by atoms with Gasteiger partial charge in [0.1, 0.15) is 0 Å². The standard InChI is InChI=1S/C41H24S/c1-5-18-33-26(12-1)27-13-2-6-19-34(27)41(33)35-20-7-3-14-28(35)30-16-10-17-31(40(30)41)29-24-23-25-11-9-22-37-38(25)39(29)32-15-4-8-21-36(32)42-37/h1-24H. The van der Waals surface area contributed by atoms with Crippen molar-refractivity contribution < 1.29 is 0 Å². The Morgan fingerprint density at radius 2 is 0.857 bits per heavy atom. The SMILES string of the molecule is c1ccc2c(c1)Sc1cccc3ccc(-c4cccc5c4C4(c6ccccc6-c6ccccc64)c4ccccc4-5)c-2c13. The first-order chi connectivity index (χ1) is 20.9. The molecule has 3 aliphatic rings. The molecule has 0 unspecified atom stereocenters. The maximum atomic E-state index is 2.38. The van der Waals surface area contributed by atoms with Crippen LogP contribution in [0.4, 0.5) is 0 Å². The lowest BCUT2D eigenvalue weighted by Crippen LogP contribution is -2.26. The van der Waals surface area contributed by atoms with E-state index in [1.54, 1.807) is 0 Å². The van der Waals surface area contributed by atoms with Crippen molar-refractivity contribution in [3.05, 3.63) is 168 Å². The molecule has 0 fully saturated rings. The number of hydrogen-bond acceptors (Lipinski definition) is 1. The van der Waals surface area contributed by atoms with E-state index in [1.165, 1.54) is 87.3 Å². The molecule has 0 N–H and O–H groups in total. The monoisotopic (exact) mass is 548 g/mol. The van der Waals surface area contributed by atoms with Crippen molar-refractivity contribution in [3.63, 3.8) is 0 Å². The van der Waals surface area contributed by atoms with Gasteiger partial charge in [-0.15, -0.1) is 0 Å². The summed E-state index contributed by atoms with van der Waals surface area (Å²) in [5.74, 6) is 0. The molecule has 7 aromatic rings. The van der Waals surface area contributed by atoms with Crippen LogP contribution in [0.5, 0.6) is 0 Å². The van der Waals surface area contributed by atoms with Crippen molar-refractivity contribution in [1.82, 2.24) is 0 Å². The average Bonchev–Trinajstić information content (AvgIpc) is 3.53. The van der Waals surface area contributed by atoms with Gasteiger partial charge < -0.3 is 0 Å². The molecule has 194 valence electrons. The second-order valence-corrected chi connectivity index (χ2v) is 12.6. The van der Waals surface area contributed by atoms with Crippen LogP contribution in [0.25, 0.3) is 55.3 Å². The summed E-state index contributed by atoms with van der Waals surface area (Å²) in [6.07, 6.45) is 0. The summed E-state index contributed by atoms with van der Waals surface area (Å²) in [6, 6.07) is 54.6. The van der Waals surface area contributed by atoms with Gasteiger partial charge in [0, 0.05) is 15.2 Å². The first-order valence-electron chi connectivity index (χ1n) is 14.6. The summed E-state index contributed by atoms with van der Waals surface area (Å²) in [5.41, 5.74) is 15.9. The Labute approximate surface area is 249 Å². The lowest BCUT2D eigenvalue weighted by Gasteiger charge is -2.33. The predicted molar refractivity (Wildman–Crippen MR) is 175 cm³/mol. The maximum absolute atomic E-state index is 2.38. The first-order valence-corrected chi connectivity index (χ1v) is 15.4. The first kappa shape index (κ1) is 22.8. The number of fused-ring (bicyclic) bond motifs is 12. The summed E-state index contributed by atoms with van der Waals surface area (Å²) >= 11 is 1.89. The van der Waals surface area contributed by atoms with Crippen molar-refractivity contribution in [1.29, 1.82) is 0 Å². The van der Waals surface area contributed by atoms with Gasteiger partial charge in [-0.2, -0.15) is 0 Å². The van der Waals surface area contributed by atoms with E-state index in [0.717, 1.165) is 0 Å². The Morgan fingerprint density at radius 1 is 0.357 bits per heavy atom. The van der Waals surface area contributed by atoms with Gasteiger partial charge in [-0.1, -0.05) is 145 Å². The van der Waals surface area contributed by atoms with Crippen LogP contribution >= 0.6 is 11.8 Å². The minimum atomic E-state index is -0.375. The molecule has 0 saturated heterocycles. The summed E-state index contributed by atoms with van der Waals surface area (Å²) in [6.45, 7) is 0. The Bertz CT molecular complexity index is 2230. The molecule has 1 spiro atoms. The van der Waals surface area contributed by atoms with Crippen LogP contribution in [0.1, 0.15) is 22.3 Å². The molecule has 2 aliphatic carbocycles. The zero-order chi connectivity index (χ0) is 27.4. The zero-order valence-electron chi connectivity index (χ0n) is 22.8. The lowest BCUT2D eigenvalue weighted by atomic mass is 9.68. The molecule has 0 radical (unpaired) electrons. The van der Waals surface area contributed by atoms with Crippen molar-refractivity contribution in [2.45, 2.75) is 15.2 Å². The van der Waals surface area contributed by atoms with E-state index < -0.39 is 0 Å². The summed E-state index contributed by atoms with van der Waals surface area (Å²) in [4.78, 5) is 2.66. The van der Waals surface area contributed by atoms with Gasteiger partial charge >= 0.3 is 0 Å². The van der Waals surface area contributed by atoms with Gasteiger partial charge in [-0.05, 0) is 84.3 Å². The molecule has 10 rings (SSSR count). The Balaban J connectivity index is 1.40. The topological polar surface area (TPSA) is 0 Å². The molecule has 0 saturated carbocycles. The molecule has 0 amide bonds. The van der Waals surface area contributed by atoms with Crippen LogP contribution in [0, 0.1) is 0 Å². The van der Waals surface area contributed by atoms with Gasteiger partial charge in [0.25, 0.3) is 0 Å². The van der Waals surface area contributed by atoms with E-state index in [-0.39, 0.29) is 5.41 Å². The molecule has 7 aromatic carbocycles. The van der Waals surface area contributed by atoms with Crippen molar-refractivity contribution in [3.8, 4) is 44.5 Å². The van der Waals surface area contributed by atoms with Crippen molar-refractivity contribution >= 4 is 22.5 Å². The van der Waals surface area contributed by atoms with E-state index in [2.05, 4.69) is 146 Å². The number of rotatable bonds is 1. The molecule has 1 heterocycles. The third-order valence-corrected chi connectivity index (χ3v) is 10.8. The van der Waals surface area contributed by atoms with Crippen LogP contribution in [-0.4, -0.2) is 0 Å². The molecular formula is C41H24S. The minimum absolute atomic E-state index is 0.375. The van der Waals surface area contributed by atoms with Gasteiger partial charge in [0.05, 0.1) is 5.41 Å². The van der Waals surface area contributed by atoms with Gasteiger partial charge in [-0.3, -0.25) is 0 Å². The van der Waals surface area contributed by atoms with E-state index in [9.17, 15) is 0 Å². The smallest absolute Gasteiger partial charge is 0.0731 e. The normalized spacial score (nSPS) is 14.3. The number of hydrogen-bond donors (Lipinski definition) is 0. The fourth-order valence-electron chi connectivity index (χ4n) is 8.19. The fraction of sp³-hybridized carbons (Fsp3) is 0.0244. The maximum Gasteiger partial charge on any atom is 0.0731 e. The summed E-state index contributed by atoms with van der Waals surface area (Å²) in [7, 11) is 0. The molecule has 1 aliphatic heterocycles. The highest BCUT2D eigenvalue weighted by Crippen LogP contribution is 2.65. The van der Waals surface area contributed by atoms with Gasteiger partial charge in [-0.25, -0.2) is 0 Å². The Kier molecular flexibility index (Phi) is 4.41. The molecule has 0 aromatic heterocycles. The molecular weight excluding hydrogens is 525 g/mol. The lowest BCUT2D eigenvalue weighted by molar-refractivity contribution is 0.796. The fourth-order valence-corrected chi connectivity index (χ4v) is 9.33. The quantitative estimate of drug-likeness (QED) is 0.197. The second-order valence-electron chi connectivity index (χ2n) is 11.6. The van der Waals surface area contributed by atoms with E-state index in [0.29, 0.717) is 0 Å². The largest absolute Gasteiger partial charge is 0.0888 e. The predicted octanol–water partition coefficient (Wildman–Crippen LogP) is 11.0. The van der Waals surface area contributed by atoms with Crippen LogP contribution in [0.15, 0.2) is 155 Å². The third kappa shape index (κ3) is 2.66. The van der Waals surface area contributed by atoms with Crippen molar-refractivity contribution in [2.24, 2.45) is 0 Å². The highest BCUT2D eigenvalue weighted by Gasteiger charge is 2.52. The minimum Gasteiger partial charge on any atom is -0.0888 e. The van der Waals surface area contributed by atoms with E-state index >= 15 is 0 Å². The van der Waals surface area contributed by atoms with Gasteiger partial charge in [0.2, 0.25) is 0 Å². The number of benzene rings is 7. The van der Waals surface area contributed by atoms with Crippen LogP contribution < -0.4 is 0 Å². The average molecular weight is 549 g/mol. The van der Waals surface area contributed by atoms with Crippen molar-refractivity contribution in [2.75, 3.05) is 0 Å². The van der Waals surface area contributed by atoms with Gasteiger partial charge in [0.15, 0.2) is 0 Å². The molecule has 0 atom stereocenters. The highest BCUT2D eigenvalue weighted by molar-refractivity contribution is 7.99. The van der Waals surface area contributed by atoms with Crippen LogP contribution in [0.3, 0.4) is 0 Å². The molecule has 42 heavy (non-hydrogen) atoms. The molecule has 0 bridgehead atoms. The molecule has 0 nitrogen and oxygen atoms in total. The highest BCUT2D eigenvalue weighted by atomic mass is 32.2. The van der Waals surface area contributed by atoms with E-state index in [1.807, 2.05) is 11.8 Å². The van der Waals surface area contributed by atoms with E-state index in [4.69, 9.17) is 0 Å². The molecule has 1 heteroatoms.